The SMILES string of the molecule is CC(C)(C)[Si](C)(C)O[C@@H]1C[C@H](CN2C(=O)c3ccccc3C2=O)CN(C(=O)OCc2ccccc2)C1. The van der Waals surface area contributed by atoms with Gasteiger partial charge in [0.15, 0.2) is 8.32 Å². The molecule has 0 radical (unpaired) electrons. The Morgan fingerprint density at radius 1 is 0.944 bits per heavy atom. The lowest BCUT2D eigenvalue weighted by atomic mass is 9.95. The van der Waals surface area contributed by atoms with Gasteiger partial charge in [-0.1, -0.05) is 63.2 Å². The Bertz CT molecular complexity index is 1090. The Morgan fingerprint density at radius 3 is 2.11 bits per heavy atom. The van der Waals surface area contributed by atoms with Crippen LogP contribution in [0.4, 0.5) is 4.79 Å². The topological polar surface area (TPSA) is 76.2 Å². The average Bonchev–Trinajstić information content (AvgIpc) is 3.07. The molecule has 36 heavy (non-hydrogen) atoms. The van der Waals surface area contributed by atoms with Gasteiger partial charge in [-0.15, -0.1) is 0 Å². The Morgan fingerprint density at radius 2 is 1.53 bits per heavy atom. The van der Waals surface area contributed by atoms with Crippen molar-refractivity contribution in [2.75, 3.05) is 19.6 Å². The van der Waals surface area contributed by atoms with Crippen LogP contribution in [-0.2, 0) is 15.8 Å². The second-order valence-electron chi connectivity index (χ2n) is 11.3. The minimum atomic E-state index is -2.11. The van der Waals surface area contributed by atoms with Crippen molar-refractivity contribution in [2.45, 2.75) is 58.0 Å². The molecule has 192 valence electrons. The number of nitrogens with zero attached hydrogens (tertiary/aromatic N) is 2. The predicted molar refractivity (Wildman–Crippen MR) is 140 cm³/mol. The minimum absolute atomic E-state index is 0.0150. The zero-order chi connectivity index (χ0) is 26.1. The number of carbonyl (C=O) groups excluding carboxylic acids is 3. The van der Waals surface area contributed by atoms with E-state index in [2.05, 4.69) is 33.9 Å². The molecule has 2 aromatic rings. The summed E-state index contributed by atoms with van der Waals surface area (Å²) < 4.78 is 12.3. The van der Waals surface area contributed by atoms with E-state index in [0.29, 0.717) is 30.6 Å². The molecule has 0 unspecified atom stereocenters. The highest BCUT2D eigenvalue weighted by atomic mass is 28.4. The molecule has 0 aliphatic carbocycles. The summed E-state index contributed by atoms with van der Waals surface area (Å²) in [4.78, 5) is 42.0. The molecular weight excluding hydrogens is 472 g/mol. The molecule has 3 amide bonds. The number of fused-ring (bicyclic) bond motifs is 1. The number of rotatable bonds is 6. The molecule has 1 saturated heterocycles. The van der Waals surface area contributed by atoms with E-state index in [-0.39, 0.29) is 42.0 Å². The molecule has 0 spiro atoms. The van der Waals surface area contributed by atoms with Gasteiger partial charge in [0.1, 0.15) is 6.61 Å². The van der Waals surface area contributed by atoms with E-state index < -0.39 is 14.4 Å². The van der Waals surface area contributed by atoms with Crippen LogP contribution in [0, 0.1) is 5.92 Å². The molecule has 2 aliphatic rings. The first kappa shape index (κ1) is 26.1. The fourth-order valence-electron chi connectivity index (χ4n) is 4.59. The van der Waals surface area contributed by atoms with Gasteiger partial charge in [-0.2, -0.15) is 0 Å². The highest BCUT2D eigenvalue weighted by Gasteiger charge is 2.43. The first-order chi connectivity index (χ1) is 17.0. The summed E-state index contributed by atoms with van der Waals surface area (Å²) in [6.07, 6.45) is 0.0707. The molecule has 7 nitrogen and oxygen atoms in total. The van der Waals surface area contributed by atoms with Crippen molar-refractivity contribution in [3.8, 4) is 0 Å². The van der Waals surface area contributed by atoms with Gasteiger partial charge >= 0.3 is 6.09 Å². The maximum atomic E-state index is 13.1. The maximum absolute atomic E-state index is 13.1. The van der Waals surface area contributed by atoms with Crippen LogP contribution in [0.2, 0.25) is 18.1 Å². The van der Waals surface area contributed by atoms with Crippen molar-refractivity contribution in [3.05, 3.63) is 71.3 Å². The summed E-state index contributed by atoms with van der Waals surface area (Å²) in [5.74, 6) is -0.664. The Hall–Kier alpha value is -2.97. The monoisotopic (exact) mass is 508 g/mol. The molecule has 1 fully saturated rings. The molecule has 0 N–H and O–H groups in total. The number of imide groups is 1. The molecule has 2 heterocycles. The molecule has 2 aromatic carbocycles. The third-order valence-electron chi connectivity index (χ3n) is 7.55. The highest BCUT2D eigenvalue weighted by molar-refractivity contribution is 6.74. The number of hydrogen-bond donors (Lipinski definition) is 0. The fraction of sp³-hybridized carbons (Fsp3) is 0.464. The van der Waals surface area contributed by atoms with E-state index in [4.69, 9.17) is 9.16 Å². The van der Waals surface area contributed by atoms with Gasteiger partial charge in [-0.05, 0) is 48.2 Å². The molecule has 0 aromatic heterocycles. The normalized spacial score (nSPS) is 20.5. The second kappa shape index (κ2) is 10.2. The third kappa shape index (κ3) is 5.55. The first-order valence-corrected chi connectivity index (χ1v) is 15.5. The van der Waals surface area contributed by atoms with Crippen LogP contribution in [0.15, 0.2) is 54.6 Å². The van der Waals surface area contributed by atoms with Crippen molar-refractivity contribution >= 4 is 26.2 Å². The van der Waals surface area contributed by atoms with Crippen LogP contribution >= 0.6 is 0 Å². The fourth-order valence-corrected chi connectivity index (χ4v) is 5.94. The average molecular weight is 509 g/mol. The van der Waals surface area contributed by atoms with Gasteiger partial charge in [0.05, 0.1) is 17.2 Å². The molecule has 8 heteroatoms. The number of piperidine rings is 1. The largest absolute Gasteiger partial charge is 0.445 e. The third-order valence-corrected chi connectivity index (χ3v) is 12.1. The van der Waals surface area contributed by atoms with E-state index in [1.807, 2.05) is 30.3 Å². The summed E-state index contributed by atoms with van der Waals surface area (Å²) in [5, 5.41) is 0.0150. The predicted octanol–water partition coefficient (Wildman–Crippen LogP) is 5.33. The van der Waals surface area contributed by atoms with Crippen molar-refractivity contribution < 1.29 is 23.5 Å². The van der Waals surface area contributed by atoms with E-state index in [1.165, 1.54) is 4.90 Å². The van der Waals surface area contributed by atoms with Crippen molar-refractivity contribution in [1.82, 2.24) is 9.80 Å². The quantitative estimate of drug-likeness (QED) is 0.389. The number of ether oxygens (including phenoxy) is 1. The van der Waals surface area contributed by atoms with Crippen LogP contribution in [-0.4, -0.2) is 61.8 Å². The van der Waals surface area contributed by atoms with Crippen molar-refractivity contribution in [1.29, 1.82) is 0 Å². The van der Waals surface area contributed by atoms with E-state index in [9.17, 15) is 14.4 Å². The van der Waals surface area contributed by atoms with Crippen LogP contribution < -0.4 is 0 Å². The van der Waals surface area contributed by atoms with E-state index in [0.717, 1.165) is 5.56 Å². The summed E-state index contributed by atoms with van der Waals surface area (Å²) in [5.41, 5.74) is 1.79. The number of hydrogen-bond acceptors (Lipinski definition) is 5. The van der Waals surface area contributed by atoms with Crippen molar-refractivity contribution in [2.24, 2.45) is 5.92 Å². The first-order valence-electron chi connectivity index (χ1n) is 12.5. The van der Waals surface area contributed by atoms with Crippen LogP contribution in [0.5, 0.6) is 0 Å². The number of carbonyl (C=O) groups is 3. The van der Waals surface area contributed by atoms with Crippen LogP contribution in [0.25, 0.3) is 0 Å². The summed E-state index contributed by atoms with van der Waals surface area (Å²) in [6, 6.07) is 16.5. The molecule has 0 bridgehead atoms. The minimum Gasteiger partial charge on any atom is -0.445 e. The summed E-state index contributed by atoms with van der Waals surface area (Å²) in [7, 11) is -2.11. The standard InChI is InChI=1S/C28H36N2O5Si/c1-28(2,3)36(4,5)35-22-15-21(17-30-25(31)23-13-9-10-14-24(23)26(30)32)16-29(18-22)27(33)34-19-20-11-7-6-8-12-20/h6-14,21-22H,15-19H2,1-5H3/t21-,22+/m0/s1. The van der Waals surface area contributed by atoms with Gasteiger partial charge < -0.3 is 14.1 Å². The van der Waals surface area contributed by atoms with Crippen molar-refractivity contribution in [3.63, 3.8) is 0 Å². The zero-order valence-corrected chi connectivity index (χ0v) is 22.8. The lowest BCUT2D eigenvalue weighted by Crippen LogP contribution is -2.54. The zero-order valence-electron chi connectivity index (χ0n) is 21.8. The summed E-state index contributed by atoms with van der Waals surface area (Å²) in [6.45, 7) is 12.2. The Labute approximate surface area is 214 Å². The van der Waals surface area contributed by atoms with Gasteiger partial charge in [-0.25, -0.2) is 4.79 Å². The van der Waals surface area contributed by atoms with Gasteiger partial charge in [0.25, 0.3) is 11.8 Å². The number of likely N-dealkylation sites (tertiary alicyclic amines) is 1. The van der Waals surface area contributed by atoms with Gasteiger partial charge in [0, 0.05) is 19.6 Å². The number of benzene rings is 2. The number of amides is 3. The van der Waals surface area contributed by atoms with Crippen LogP contribution in [0.3, 0.4) is 0 Å². The molecular formula is C28H36N2O5Si. The molecule has 4 rings (SSSR count). The lowest BCUT2D eigenvalue weighted by molar-refractivity contribution is 0.0223. The van der Waals surface area contributed by atoms with E-state index in [1.54, 1.807) is 29.2 Å². The summed E-state index contributed by atoms with van der Waals surface area (Å²) >= 11 is 0. The second-order valence-corrected chi connectivity index (χ2v) is 16.1. The smallest absolute Gasteiger partial charge is 0.410 e. The molecule has 2 atom stereocenters. The van der Waals surface area contributed by atoms with Gasteiger partial charge in [0.2, 0.25) is 0 Å². The molecule has 2 aliphatic heterocycles. The van der Waals surface area contributed by atoms with E-state index >= 15 is 0 Å². The van der Waals surface area contributed by atoms with Gasteiger partial charge in [-0.3, -0.25) is 14.5 Å². The Balaban J connectivity index is 1.50. The van der Waals surface area contributed by atoms with Crippen LogP contribution in [0.1, 0.15) is 53.5 Å². The maximum Gasteiger partial charge on any atom is 0.410 e. The molecule has 0 saturated carbocycles. The highest BCUT2D eigenvalue weighted by Crippen LogP contribution is 2.39. The lowest BCUT2D eigenvalue weighted by Gasteiger charge is -2.44. The Kier molecular flexibility index (Phi) is 7.38.